The van der Waals surface area contributed by atoms with E-state index >= 15 is 0 Å². The number of amides is 1. The highest BCUT2D eigenvalue weighted by molar-refractivity contribution is 7.13. The minimum atomic E-state index is 0.0465. The third-order valence-electron chi connectivity index (χ3n) is 3.84. The topological polar surface area (TPSA) is 51.0 Å². The zero-order valence-electron chi connectivity index (χ0n) is 13.8. The maximum absolute atomic E-state index is 12.4. The fraction of sp³-hybridized carbons (Fsp3) is 0.278. The summed E-state index contributed by atoms with van der Waals surface area (Å²) < 4.78 is 1.81. The second-order valence-electron chi connectivity index (χ2n) is 5.80. The van der Waals surface area contributed by atoms with Crippen LogP contribution in [0.3, 0.4) is 0 Å². The quantitative estimate of drug-likeness (QED) is 0.689. The van der Waals surface area contributed by atoms with Crippen LogP contribution in [0, 0.1) is 0 Å². The maximum atomic E-state index is 12.4. The van der Waals surface area contributed by atoms with Gasteiger partial charge in [0.2, 0.25) is 5.91 Å². The summed E-state index contributed by atoms with van der Waals surface area (Å²) in [5, 5.41) is 7.18. The van der Waals surface area contributed by atoms with Gasteiger partial charge in [0.05, 0.1) is 18.3 Å². The lowest BCUT2D eigenvalue weighted by Crippen LogP contribution is -2.28. The van der Waals surface area contributed by atoms with Gasteiger partial charge in [0.25, 0.3) is 0 Å². The molecule has 0 aliphatic rings. The van der Waals surface area contributed by atoms with Crippen LogP contribution in [-0.2, 0) is 11.3 Å². The molecule has 3 aromatic rings. The van der Waals surface area contributed by atoms with Gasteiger partial charge in [0.15, 0.2) is 0 Å². The van der Waals surface area contributed by atoms with Crippen molar-refractivity contribution in [1.82, 2.24) is 19.7 Å². The van der Waals surface area contributed by atoms with E-state index in [0.29, 0.717) is 13.0 Å². The average molecular weight is 340 g/mol. The van der Waals surface area contributed by atoms with Gasteiger partial charge in [-0.2, -0.15) is 5.10 Å². The molecule has 2 aromatic heterocycles. The second-order valence-corrected chi connectivity index (χ2v) is 6.66. The minimum Gasteiger partial charge on any atom is -0.340 e. The monoisotopic (exact) mass is 340 g/mol. The van der Waals surface area contributed by atoms with Gasteiger partial charge in [-0.3, -0.25) is 9.48 Å². The van der Waals surface area contributed by atoms with E-state index in [1.807, 2.05) is 66.6 Å². The molecular weight excluding hydrogens is 320 g/mol. The summed E-state index contributed by atoms with van der Waals surface area (Å²) in [6.07, 6.45) is 4.03. The molecule has 2 heterocycles. The van der Waals surface area contributed by atoms with Crippen molar-refractivity contribution in [2.45, 2.75) is 25.9 Å². The third-order valence-corrected chi connectivity index (χ3v) is 4.78. The van der Waals surface area contributed by atoms with E-state index in [2.05, 4.69) is 10.1 Å². The number of carbonyl (C=O) groups is 1. The van der Waals surface area contributed by atoms with Gasteiger partial charge in [0.1, 0.15) is 5.01 Å². The Morgan fingerprint density at radius 2 is 2.08 bits per heavy atom. The first-order chi connectivity index (χ1) is 11.6. The van der Waals surface area contributed by atoms with Crippen molar-refractivity contribution in [1.29, 1.82) is 0 Å². The van der Waals surface area contributed by atoms with E-state index in [-0.39, 0.29) is 11.9 Å². The van der Waals surface area contributed by atoms with Crippen LogP contribution in [0.1, 0.15) is 25.1 Å². The van der Waals surface area contributed by atoms with Gasteiger partial charge in [0, 0.05) is 36.8 Å². The molecule has 0 aliphatic heterocycles. The van der Waals surface area contributed by atoms with Crippen molar-refractivity contribution in [3.8, 4) is 10.6 Å². The van der Waals surface area contributed by atoms with Gasteiger partial charge >= 0.3 is 0 Å². The van der Waals surface area contributed by atoms with Gasteiger partial charge in [-0.1, -0.05) is 30.3 Å². The molecule has 124 valence electrons. The Morgan fingerprint density at radius 1 is 1.29 bits per heavy atom. The number of nitrogens with zero attached hydrogens (tertiary/aromatic N) is 4. The molecule has 5 nitrogen and oxygen atoms in total. The zero-order chi connectivity index (χ0) is 16.9. The van der Waals surface area contributed by atoms with Gasteiger partial charge in [-0.15, -0.1) is 11.3 Å². The molecule has 24 heavy (non-hydrogen) atoms. The van der Waals surface area contributed by atoms with E-state index in [4.69, 9.17) is 0 Å². The largest absolute Gasteiger partial charge is 0.340 e. The Kier molecular flexibility index (Phi) is 5.05. The summed E-state index contributed by atoms with van der Waals surface area (Å²) in [5.41, 5.74) is 2.02. The Bertz CT molecular complexity index is 782. The molecule has 3 rings (SSSR count). The Balaban J connectivity index is 1.59. The van der Waals surface area contributed by atoms with Crippen LogP contribution in [0.4, 0.5) is 0 Å². The van der Waals surface area contributed by atoms with Crippen LogP contribution in [0.25, 0.3) is 10.6 Å². The number of aromatic nitrogens is 3. The summed E-state index contributed by atoms with van der Waals surface area (Å²) in [7, 11) is 1.82. The fourth-order valence-corrected chi connectivity index (χ4v) is 3.28. The molecule has 0 fully saturated rings. The SMILES string of the molecule is C[C@H](CC(=O)N(C)Cc1csc(-c2ccccc2)n1)n1cccn1. The maximum Gasteiger partial charge on any atom is 0.224 e. The van der Waals surface area contributed by atoms with Crippen molar-refractivity contribution in [3.63, 3.8) is 0 Å². The van der Waals surface area contributed by atoms with Crippen molar-refractivity contribution < 1.29 is 4.79 Å². The smallest absolute Gasteiger partial charge is 0.224 e. The first-order valence-electron chi connectivity index (χ1n) is 7.86. The number of rotatable bonds is 6. The first kappa shape index (κ1) is 16.4. The van der Waals surface area contributed by atoms with Crippen LogP contribution in [0.2, 0.25) is 0 Å². The van der Waals surface area contributed by atoms with E-state index in [1.165, 1.54) is 0 Å². The van der Waals surface area contributed by atoms with Crippen molar-refractivity contribution in [2.75, 3.05) is 7.05 Å². The van der Waals surface area contributed by atoms with Gasteiger partial charge in [-0.05, 0) is 13.0 Å². The third kappa shape index (κ3) is 3.89. The van der Waals surface area contributed by atoms with E-state index < -0.39 is 0 Å². The molecule has 1 aromatic carbocycles. The Morgan fingerprint density at radius 3 is 2.79 bits per heavy atom. The molecule has 0 N–H and O–H groups in total. The molecule has 0 saturated carbocycles. The highest BCUT2D eigenvalue weighted by atomic mass is 32.1. The molecule has 1 amide bonds. The predicted molar refractivity (Wildman–Crippen MR) is 95.6 cm³/mol. The molecule has 0 saturated heterocycles. The van der Waals surface area contributed by atoms with E-state index in [9.17, 15) is 4.79 Å². The first-order valence-corrected chi connectivity index (χ1v) is 8.74. The van der Waals surface area contributed by atoms with Crippen molar-refractivity contribution in [2.24, 2.45) is 0 Å². The summed E-state index contributed by atoms with van der Waals surface area (Å²) in [6.45, 7) is 2.52. The molecule has 0 bridgehead atoms. The molecule has 6 heteroatoms. The van der Waals surface area contributed by atoms with Crippen molar-refractivity contribution in [3.05, 3.63) is 59.9 Å². The molecular formula is C18H20N4OS. The average Bonchev–Trinajstić information content (AvgIpc) is 3.27. The van der Waals surface area contributed by atoms with Crippen LogP contribution in [0.5, 0.6) is 0 Å². The standard InChI is InChI=1S/C18H20N4OS/c1-14(22-10-6-9-19-22)11-17(23)21(2)12-16-13-24-18(20-16)15-7-4-3-5-8-15/h3-10,13-14H,11-12H2,1-2H3/t14-/m1/s1. The number of carbonyl (C=O) groups excluding carboxylic acids is 1. The Hall–Kier alpha value is -2.47. The molecule has 0 radical (unpaired) electrons. The van der Waals surface area contributed by atoms with Gasteiger partial charge in [-0.25, -0.2) is 4.98 Å². The summed E-state index contributed by atoms with van der Waals surface area (Å²) >= 11 is 1.61. The second kappa shape index (κ2) is 7.40. The Labute approximate surface area is 145 Å². The van der Waals surface area contributed by atoms with Crippen LogP contribution >= 0.6 is 11.3 Å². The highest BCUT2D eigenvalue weighted by Crippen LogP contribution is 2.24. The molecule has 1 atom stereocenters. The molecule has 0 aliphatic carbocycles. The fourth-order valence-electron chi connectivity index (χ4n) is 2.47. The predicted octanol–water partition coefficient (Wildman–Crippen LogP) is 3.62. The van der Waals surface area contributed by atoms with Crippen LogP contribution in [-0.4, -0.2) is 32.6 Å². The lowest BCUT2D eigenvalue weighted by Gasteiger charge is -2.19. The van der Waals surface area contributed by atoms with Crippen LogP contribution < -0.4 is 0 Å². The summed E-state index contributed by atoms with van der Waals surface area (Å²) in [6, 6.07) is 12.0. The van der Waals surface area contributed by atoms with Gasteiger partial charge < -0.3 is 4.90 Å². The normalized spacial score (nSPS) is 12.1. The van der Waals surface area contributed by atoms with E-state index in [1.54, 1.807) is 22.4 Å². The zero-order valence-corrected chi connectivity index (χ0v) is 14.6. The van der Waals surface area contributed by atoms with Crippen LogP contribution in [0.15, 0.2) is 54.2 Å². The number of hydrogen-bond donors (Lipinski definition) is 0. The summed E-state index contributed by atoms with van der Waals surface area (Å²) in [5.74, 6) is 0.0901. The van der Waals surface area contributed by atoms with Crippen molar-refractivity contribution >= 4 is 17.2 Å². The van der Waals surface area contributed by atoms with E-state index in [0.717, 1.165) is 16.3 Å². The lowest BCUT2D eigenvalue weighted by atomic mass is 10.2. The number of thiazole rings is 1. The lowest BCUT2D eigenvalue weighted by molar-refractivity contribution is -0.131. The molecule has 0 spiro atoms. The molecule has 0 unspecified atom stereocenters. The number of benzene rings is 1. The number of hydrogen-bond acceptors (Lipinski definition) is 4. The summed E-state index contributed by atoms with van der Waals surface area (Å²) in [4.78, 5) is 18.8. The highest BCUT2D eigenvalue weighted by Gasteiger charge is 2.16. The minimum absolute atomic E-state index is 0.0465.